The molecule has 0 aliphatic rings. The van der Waals surface area contributed by atoms with Gasteiger partial charge in [-0.25, -0.2) is 13.8 Å². The van der Waals surface area contributed by atoms with Crippen LogP contribution >= 0.6 is 11.6 Å². The Labute approximate surface area is 103 Å². The molecule has 1 heterocycles. The summed E-state index contributed by atoms with van der Waals surface area (Å²) in [4.78, 5) is 3.28. The molecule has 9 heteroatoms. The average molecular weight is 292 g/mol. The lowest BCUT2D eigenvalue weighted by Crippen LogP contribution is -2.20. The van der Waals surface area contributed by atoms with E-state index in [-0.39, 0.29) is 5.69 Å². The highest BCUT2D eigenvalue weighted by Gasteiger charge is 2.34. The fourth-order valence-corrected chi connectivity index (χ4v) is 1.49. The zero-order valence-corrected chi connectivity index (χ0v) is 9.40. The fourth-order valence-electron chi connectivity index (χ4n) is 1.22. The van der Waals surface area contributed by atoms with Gasteiger partial charge in [-0.2, -0.15) is 0 Å². The van der Waals surface area contributed by atoms with Gasteiger partial charge in [-0.1, -0.05) is 0 Å². The molecule has 0 bridgehead atoms. The molecule has 0 aliphatic carbocycles. The summed E-state index contributed by atoms with van der Waals surface area (Å²) in [5.41, 5.74) is -1.66. The van der Waals surface area contributed by atoms with E-state index in [1.54, 1.807) is 0 Å². The lowest BCUT2D eigenvalue weighted by Gasteiger charge is -2.15. The lowest BCUT2D eigenvalue weighted by molar-refractivity contribution is -0.276. The van der Waals surface area contributed by atoms with E-state index in [2.05, 4.69) is 9.72 Å². The first-order valence-corrected chi connectivity index (χ1v) is 5.05. The van der Waals surface area contributed by atoms with Crippen molar-refractivity contribution in [3.05, 3.63) is 22.9 Å². The number of nitrogens with zero attached hydrogens (tertiary/aromatic N) is 1. The highest BCUT2D eigenvalue weighted by atomic mass is 35.5. The van der Waals surface area contributed by atoms with E-state index in [1.165, 1.54) is 0 Å². The maximum Gasteiger partial charge on any atom is 0.574 e. The molecule has 0 fully saturated rings. The van der Waals surface area contributed by atoms with Gasteiger partial charge >= 0.3 is 6.36 Å². The average Bonchev–Trinajstić information content (AvgIpc) is 2.25. The summed E-state index contributed by atoms with van der Waals surface area (Å²) in [6.45, 7) is -0.795. The highest BCUT2D eigenvalue weighted by Crippen LogP contribution is 2.33. The molecule has 1 rings (SSSR count). The normalized spacial score (nSPS) is 12.0. The summed E-state index contributed by atoms with van der Waals surface area (Å²) in [6.07, 6.45) is -8.14. The van der Waals surface area contributed by atoms with Gasteiger partial charge in [-0.3, -0.25) is 0 Å². The van der Waals surface area contributed by atoms with Crippen LogP contribution in [0.4, 0.5) is 22.0 Å². The molecule has 0 saturated carbocycles. The second-order valence-electron chi connectivity index (χ2n) is 3.13. The van der Waals surface area contributed by atoms with Gasteiger partial charge < -0.3 is 9.84 Å². The monoisotopic (exact) mass is 291 g/mol. The first kappa shape index (κ1) is 14.9. The first-order chi connectivity index (χ1) is 8.28. The highest BCUT2D eigenvalue weighted by molar-refractivity contribution is 6.17. The van der Waals surface area contributed by atoms with Crippen LogP contribution in [0.15, 0.2) is 6.07 Å². The molecule has 0 saturated heterocycles. The second kappa shape index (κ2) is 5.66. The molecule has 1 aromatic heterocycles. The molecule has 3 nitrogen and oxygen atoms in total. The molecular formula is C9H7ClF5NO2. The molecule has 0 aromatic carbocycles. The molecule has 1 N–H and O–H groups in total. The number of aromatic nitrogens is 1. The summed E-state index contributed by atoms with van der Waals surface area (Å²) >= 11 is 5.32. The van der Waals surface area contributed by atoms with Crippen LogP contribution in [0.3, 0.4) is 0 Å². The standard InChI is InChI=1S/C9H7ClF5NO2/c10-2-6-5(7(11)12)1-4(3-17)16-8(6)18-9(13,14)15/h1,7,17H,2-3H2. The third-order valence-electron chi connectivity index (χ3n) is 1.92. The molecule has 0 amide bonds. The van der Waals surface area contributed by atoms with E-state index < -0.39 is 42.3 Å². The summed E-state index contributed by atoms with van der Waals surface area (Å²) < 4.78 is 65.0. The smallest absolute Gasteiger partial charge is 0.390 e. The third-order valence-corrected chi connectivity index (χ3v) is 2.18. The number of pyridine rings is 1. The Bertz CT molecular complexity index is 424. The van der Waals surface area contributed by atoms with Crippen molar-refractivity contribution in [1.29, 1.82) is 0 Å². The second-order valence-corrected chi connectivity index (χ2v) is 3.39. The Morgan fingerprint density at radius 1 is 1.39 bits per heavy atom. The van der Waals surface area contributed by atoms with Crippen LogP contribution in [0.5, 0.6) is 5.88 Å². The zero-order chi connectivity index (χ0) is 13.9. The van der Waals surface area contributed by atoms with Crippen molar-refractivity contribution >= 4 is 11.6 Å². The molecule has 1 aromatic rings. The maximum absolute atomic E-state index is 12.6. The minimum Gasteiger partial charge on any atom is -0.390 e. The Morgan fingerprint density at radius 2 is 2.00 bits per heavy atom. The Balaban J connectivity index is 3.33. The van der Waals surface area contributed by atoms with Crippen LogP contribution in [0.1, 0.15) is 23.2 Å². The Morgan fingerprint density at radius 3 is 2.39 bits per heavy atom. The third kappa shape index (κ3) is 3.67. The van der Waals surface area contributed by atoms with E-state index in [0.29, 0.717) is 0 Å². The van der Waals surface area contributed by atoms with Crippen LogP contribution in [0, 0.1) is 0 Å². The van der Waals surface area contributed by atoms with Gasteiger partial charge in [-0.15, -0.1) is 24.8 Å². The van der Waals surface area contributed by atoms with Crippen LogP contribution in [-0.2, 0) is 12.5 Å². The van der Waals surface area contributed by atoms with Crippen LogP contribution in [0.25, 0.3) is 0 Å². The van der Waals surface area contributed by atoms with Gasteiger partial charge in [-0.05, 0) is 6.07 Å². The molecule has 102 valence electrons. The van der Waals surface area contributed by atoms with Crippen molar-refractivity contribution in [2.24, 2.45) is 0 Å². The van der Waals surface area contributed by atoms with Crippen molar-refractivity contribution in [3.63, 3.8) is 0 Å². The summed E-state index contributed by atoms with van der Waals surface area (Å²) in [5.74, 6) is -1.69. The van der Waals surface area contributed by atoms with Gasteiger partial charge in [0.1, 0.15) is 0 Å². The van der Waals surface area contributed by atoms with E-state index in [1.807, 2.05) is 0 Å². The van der Waals surface area contributed by atoms with Gasteiger partial charge in [0.25, 0.3) is 6.43 Å². The predicted molar refractivity (Wildman–Crippen MR) is 51.4 cm³/mol. The zero-order valence-electron chi connectivity index (χ0n) is 8.64. The summed E-state index contributed by atoms with van der Waals surface area (Å²) in [5, 5.41) is 8.75. The van der Waals surface area contributed by atoms with Gasteiger partial charge in [0.2, 0.25) is 5.88 Å². The number of aliphatic hydroxyl groups excluding tert-OH is 1. The molecule has 0 unspecified atom stereocenters. The lowest BCUT2D eigenvalue weighted by atomic mass is 10.1. The first-order valence-electron chi connectivity index (χ1n) is 4.52. The van der Waals surface area contributed by atoms with Crippen molar-refractivity contribution in [2.75, 3.05) is 0 Å². The predicted octanol–water partition coefficient (Wildman–Crippen LogP) is 3.15. The summed E-state index contributed by atoms with van der Waals surface area (Å²) in [7, 11) is 0. The van der Waals surface area contributed by atoms with E-state index in [4.69, 9.17) is 16.7 Å². The topological polar surface area (TPSA) is 42.4 Å². The van der Waals surface area contributed by atoms with Crippen molar-refractivity contribution in [3.8, 4) is 5.88 Å². The minimum atomic E-state index is -5.08. The molecule has 0 atom stereocenters. The summed E-state index contributed by atoms with van der Waals surface area (Å²) in [6, 6.07) is 0.783. The van der Waals surface area contributed by atoms with E-state index in [9.17, 15) is 22.0 Å². The molecule has 18 heavy (non-hydrogen) atoms. The van der Waals surface area contributed by atoms with Crippen molar-refractivity contribution in [2.45, 2.75) is 25.3 Å². The van der Waals surface area contributed by atoms with Gasteiger partial charge in [0.05, 0.1) is 18.2 Å². The van der Waals surface area contributed by atoms with Crippen molar-refractivity contribution < 1.29 is 31.8 Å². The van der Waals surface area contributed by atoms with Crippen molar-refractivity contribution in [1.82, 2.24) is 4.98 Å². The number of ether oxygens (including phenoxy) is 1. The number of rotatable bonds is 4. The fraction of sp³-hybridized carbons (Fsp3) is 0.444. The van der Waals surface area contributed by atoms with E-state index in [0.717, 1.165) is 6.07 Å². The number of hydrogen-bond acceptors (Lipinski definition) is 3. The molecule has 0 radical (unpaired) electrons. The van der Waals surface area contributed by atoms with Gasteiger partial charge in [0, 0.05) is 11.1 Å². The quantitative estimate of drug-likeness (QED) is 0.684. The molecule has 0 aliphatic heterocycles. The molecule has 0 spiro atoms. The Kier molecular flexibility index (Phi) is 4.69. The van der Waals surface area contributed by atoms with E-state index >= 15 is 0 Å². The maximum atomic E-state index is 12.6. The molecular weight excluding hydrogens is 285 g/mol. The largest absolute Gasteiger partial charge is 0.574 e. The minimum absolute atomic E-state index is 0.363. The number of hydrogen-bond donors (Lipinski definition) is 1. The number of halogens is 6. The Hall–Kier alpha value is -1.15. The van der Waals surface area contributed by atoms with Gasteiger partial charge in [0.15, 0.2) is 0 Å². The number of aliphatic hydroxyl groups is 1. The number of alkyl halides is 6. The van der Waals surface area contributed by atoms with Crippen LogP contribution < -0.4 is 4.74 Å². The van der Waals surface area contributed by atoms with Crippen LogP contribution in [-0.4, -0.2) is 16.5 Å². The SMILES string of the molecule is OCc1cc(C(F)F)c(CCl)c(OC(F)(F)F)n1. The van der Waals surface area contributed by atoms with Crippen LogP contribution in [0.2, 0.25) is 0 Å².